The number of anilines is 1. The Kier molecular flexibility index (Phi) is 3.40. The quantitative estimate of drug-likeness (QED) is 0.776. The first kappa shape index (κ1) is 12.4. The fourth-order valence-electron chi connectivity index (χ4n) is 2.32. The first-order valence-electron chi connectivity index (χ1n) is 5.72. The second kappa shape index (κ2) is 4.66. The van der Waals surface area contributed by atoms with E-state index in [-0.39, 0.29) is 17.4 Å². The standard InChI is InChI=1S/C12H17NO3S/c13-11-5-1-3-9(7-11)12(14)10-4-2-6-17(15,16)8-10/h1,3,5,7,10,12,14H,2,4,6,8,13H2. The number of nitrogen functional groups attached to an aromatic ring is 1. The lowest BCUT2D eigenvalue weighted by Gasteiger charge is -2.26. The second-order valence-corrected chi connectivity index (χ2v) is 6.86. The van der Waals surface area contributed by atoms with E-state index in [9.17, 15) is 13.5 Å². The van der Waals surface area contributed by atoms with E-state index in [1.807, 2.05) is 0 Å². The minimum Gasteiger partial charge on any atom is -0.399 e. The van der Waals surface area contributed by atoms with Crippen LogP contribution in [0.3, 0.4) is 0 Å². The van der Waals surface area contributed by atoms with Gasteiger partial charge < -0.3 is 10.8 Å². The van der Waals surface area contributed by atoms with E-state index in [0.717, 1.165) is 6.42 Å². The van der Waals surface area contributed by atoms with Crippen LogP contribution in [0.25, 0.3) is 0 Å². The summed E-state index contributed by atoms with van der Waals surface area (Å²) in [6, 6.07) is 6.99. The third-order valence-electron chi connectivity index (χ3n) is 3.20. The van der Waals surface area contributed by atoms with Gasteiger partial charge in [-0.1, -0.05) is 12.1 Å². The smallest absolute Gasteiger partial charge is 0.150 e. The van der Waals surface area contributed by atoms with Gasteiger partial charge in [0, 0.05) is 11.6 Å². The summed E-state index contributed by atoms with van der Waals surface area (Å²) in [7, 11) is -2.99. The van der Waals surface area contributed by atoms with Gasteiger partial charge in [0.1, 0.15) is 0 Å². The summed E-state index contributed by atoms with van der Waals surface area (Å²) in [5, 5.41) is 10.2. The van der Waals surface area contributed by atoms with Crippen molar-refractivity contribution in [3.05, 3.63) is 29.8 Å². The molecule has 0 amide bonds. The molecule has 94 valence electrons. The minimum absolute atomic E-state index is 0.0724. The van der Waals surface area contributed by atoms with Gasteiger partial charge in [-0.05, 0) is 30.5 Å². The van der Waals surface area contributed by atoms with Crippen molar-refractivity contribution in [1.29, 1.82) is 0 Å². The molecule has 0 aromatic heterocycles. The number of rotatable bonds is 2. The Balaban J connectivity index is 2.17. The van der Waals surface area contributed by atoms with Crippen molar-refractivity contribution in [2.45, 2.75) is 18.9 Å². The summed E-state index contributed by atoms with van der Waals surface area (Å²) in [5.41, 5.74) is 6.93. The van der Waals surface area contributed by atoms with Gasteiger partial charge in [0.05, 0.1) is 17.6 Å². The Morgan fingerprint density at radius 3 is 2.82 bits per heavy atom. The summed E-state index contributed by atoms with van der Waals surface area (Å²) in [4.78, 5) is 0. The van der Waals surface area contributed by atoms with Gasteiger partial charge in [0.25, 0.3) is 0 Å². The van der Waals surface area contributed by atoms with Gasteiger partial charge in [0.2, 0.25) is 0 Å². The van der Waals surface area contributed by atoms with Crippen molar-refractivity contribution in [3.63, 3.8) is 0 Å². The highest BCUT2D eigenvalue weighted by atomic mass is 32.2. The molecule has 1 heterocycles. The van der Waals surface area contributed by atoms with Crippen LogP contribution >= 0.6 is 0 Å². The fraction of sp³-hybridized carbons (Fsp3) is 0.500. The molecule has 1 aliphatic heterocycles. The summed E-state index contributed by atoms with van der Waals surface area (Å²) < 4.78 is 23.1. The van der Waals surface area contributed by atoms with Crippen molar-refractivity contribution in [2.75, 3.05) is 17.2 Å². The first-order chi connectivity index (χ1) is 7.98. The van der Waals surface area contributed by atoms with Crippen molar-refractivity contribution in [2.24, 2.45) is 5.92 Å². The van der Waals surface area contributed by atoms with Crippen LogP contribution in [-0.4, -0.2) is 25.0 Å². The normalized spacial score (nSPS) is 25.4. The maximum Gasteiger partial charge on any atom is 0.150 e. The molecule has 1 saturated heterocycles. The Bertz CT molecular complexity index is 498. The minimum atomic E-state index is -2.99. The van der Waals surface area contributed by atoms with Gasteiger partial charge in [-0.15, -0.1) is 0 Å². The monoisotopic (exact) mass is 255 g/mol. The summed E-state index contributed by atoms with van der Waals surface area (Å²) in [5.74, 6) is 0.103. The summed E-state index contributed by atoms with van der Waals surface area (Å²) in [6.07, 6.45) is 0.634. The molecule has 4 nitrogen and oxygen atoms in total. The highest BCUT2D eigenvalue weighted by Gasteiger charge is 2.30. The molecule has 0 saturated carbocycles. The van der Waals surface area contributed by atoms with Crippen molar-refractivity contribution in [3.8, 4) is 0 Å². The largest absolute Gasteiger partial charge is 0.399 e. The highest BCUT2D eigenvalue weighted by molar-refractivity contribution is 7.91. The number of benzene rings is 1. The van der Waals surface area contributed by atoms with Gasteiger partial charge in [0.15, 0.2) is 9.84 Å². The van der Waals surface area contributed by atoms with Crippen LogP contribution in [0.15, 0.2) is 24.3 Å². The number of hydrogen-bond acceptors (Lipinski definition) is 4. The van der Waals surface area contributed by atoms with E-state index < -0.39 is 15.9 Å². The Morgan fingerprint density at radius 1 is 1.41 bits per heavy atom. The third kappa shape index (κ3) is 2.98. The second-order valence-electron chi connectivity index (χ2n) is 4.63. The van der Waals surface area contributed by atoms with E-state index in [0.29, 0.717) is 17.7 Å². The van der Waals surface area contributed by atoms with Crippen LogP contribution in [0.1, 0.15) is 24.5 Å². The zero-order valence-corrected chi connectivity index (χ0v) is 10.4. The van der Waals surface area contributed by atoms with Crippen molar-refractivity contribution in [1.82, 2.24) is 0 Å². The number of nitrogens with two attached hydrogens (primary N) is 1. The average Bonchev–Trinajstić information content (AvgIpc) is 2.26. The Morgan fingerprint density at radius 2 is 2.18 bits per heavy atom. The molecule has 5 heteroatoms. The van der Waals surface area contributed by atoms with Crippen LogP contribution in [0.5, 0.6) is 0 Å². The summed E-state index contributed by atoms with van der Waals surface area (Å²) in [6.45, 7) is 0. The zero-order valence-electron chi connectivity index (χ0n) is 9.54. The maximum absolute atomic E-state index is 11.5. The Labute approximate surface area is 101 Å². The molecule has 3 N–H and O–H groups in total. The number of aliphatic hydroxyl groups excluding tert-OH is 1. The van der Waals surface area contributed by atoms with Crippen LogP contribution in [0.4, 0.5) is 5.69 Å². The van der Waals surface area contributed by atoms with Crippen LogP contribution < -0.4 is 5.73 Å². The lowest BCUT2D eigenvalue weighted by atomic mass is 9.93. The molecule has 2 rings (SSSR count). The molecule has 17 heavy (non-hydrogen) atoms. The van der Waals surface area contributed by atoms with E-state index in [4.69, 9.17) is 5.73 Å². The van der Waals surface area contributed by atoms with Gasteiger partial charge in [-0.2, -0.15) is 0 Å². The van der Waals surface area contributed by atoms with Gasteiger partial charge in [-0.25, -0.2) is 8.42 Å². The van der Waals surface area contributed by atoms with Gasteiger partial charge >= 0.3 is 0 Å². The first-order valence-corrected chi connectivity index (χ1v) is 7.54. The lowest BCUT2D eigenvalue weighted by molar-refractivity contribution is 0.112. The van der Waals surface area contributed by atoms with E-state index in [2.05, 4.69) is 0 Å². The van der Waals surface area contributed by atoms with Crippen LogP contribution in [-0.2, 0) is 9.84 Å². The van der Waals surface area contributed by atoms with Crippen LogP contribution in [0.2, 0.25) is 0 Å². The molecule has 2 unspecified atom stereocenters. The zero-order chi connectivity index (χ0) is 12.5. The molecular formula is C12H17NO3S. The third-order valence-corrected chi connectivity index (χ3v) is 5.04. The SMILES string of the molecule is Nc1cccc(C(O)C2CCCS(=O)(=O)C2)c1. The molecule has 0 aliphatic carbocycles. The van der Waals surface area contributed by atoms with Crippen molar-refractivity contribution >= 4 is 15.5 Å². The number of aliphatic hydroxyl groups is 1. The van der Waals surface area contributed by atoms with Crippen LogP contribution in [0, 0.1) is 5.92 Å². The summed E-state index contributed by atoms with van der Waals surface area (Å²) >= 11 is 0. The topological polar surface area (TPSA) is 80.4 Å². The number of sulfone groups is 1. The molecule has 0 spiro atoms. The average molecular weight is 255 g/mol. The van der Waals surface area contributed by atoms with E-state index in [1.165, 1.54) is 0 Å². The van der Waals surface area contributed by atoms with Gasteiger partial charge in [-0.3, -0.25) is 0 Å². The molecule has 0 bridgehead atoms. The fourth-order valence-corrected chi connectivity index (χ4v) is 4.10. The highest BCUT2D eigenvalue weighted by Crippen LogP contribution is 2.31. The Hall–Kier alpha value is -1.07. The predicted octanol–water partition coefficient (Wildman–Crippen LogP) is 1.13. The van der Waals surface area contributed by atoms with Crippen molar-refractivity contribution < 1.29 is 13.5 Å². The molecule has 1 fully saturated rings. The molecule has 0 radical (unpaired) electrons. The lowest BCUT2D eigenvalue weighted by Crippen LogP contribution is -2.29. The van der Waals surface area contributed by atoms with E-state index in [1.54, 1.807) is 24.3 Å². The maximum atomic E-state index is 11.5. The molecule has 2 atom stereocenters. The molecule has 1 aromatic carbocycles. The number of hydrogen-bond donors (Lipinski definition) is 2. The molecular weight excluding hydrogens is 238 g/mol. The molecule has 1 aromatic rings. The molecule has 1 aliphatic rings. The van der Waals surface area contributed by atoms with E-state index >= 15 is 0 Å². The predicted molar refractivity (Wildman–Crippen MR) is 67.2 cm³/mol.